The highest BCUT2D eigenvalue weighted by atomic mass is 15.1. The van der Waals surface area contributed by atoms with Gasteiger partial charge in [-0.2, -0.15) is 0 Å². The third-order valence-electron chi connectivity index (χ3n) is 3.20. The van der Waals surface area contributed by atoms with Gasteiger partial charge >= 0.3 is 0 Å². The Hall–Kier alpha value is -1.31. The second-order valence-corrected chi connectivity index (χ2v) is 4.11. The molecule has 14 heavy (non-hydrogen) atoms. The van der Waals surface area contributed by atoms with Gasteiger partial charge in [0.05, 0.1) is 12.0 Å². The summed E-state index contributed by atoms with van der Waals surface area (Å²) in [6.07, 6.45) is 2.51. The molecule has 1 aliphatic heterocycles. The summed E-state index contributed by atoms with van der Waals surface area (Å²) in [5, 5.41) is 3.41. The summed E-state index contributed by atoms with van der Waals surface area (Å²) in [4.78, 5) is 4.55. The maximum atomic E-state index is 4.55. The van der Waals surface area contributed by atoms with E-state index in [-0.39, 0.29) is 5.41 Å². The van der Waals surface area contributed by atoms with Gasteiger partial charge in [-0.3, -0.25) is 4.99 Å². The fourth-order valence-electron chi connectivity index (χ4n) is 2.26. The van der Waals surface area contributed by atoms with Crippen molar-refractivity contribution in [2.75, 3.05) is 13.1 Å². The normalized spacial score (nSPS) is 22.7. The van der Waals surface area contributed by atoms with E-state index in [9.17, 15) is 0 Å². The minimum Gasteiger partial charge on any atom is -0.371 e. The number of nitrogens with zero attached hydrogens (tertiary/aromatic N) is 1. The van der Waals surface area contributed by atoms with Crippen LogP contribution in [0.1, 0.15) is 18.4 Å². The highest BCUT2D eigenvalue weighted by Gasteiger charge is 2.49. The van der Waals surface area contributed by atoms with Gasteiger partial charge < -0.3 is 5.32 Å². The van der Waals surface area contributed by atoms with Gasteiger partial charge in [0.2, 0.25) is 0 Å². The van der Waals surface area contributed by atoms with Gasteiger partial charge in [0, 0.05) is 6.54 Å². The molecule has 3 rings (SSSR count). The molecule has 1 heterocycles. The molecule has 0 saturated heterocycles. The summed E-state index contributed by atoms with van der Waals surface area (Å²) in [6.45, 7) is 1.97. The average Bonchev–Trinajstić information content (AvgIpc) is 2.88. The van der Waals surface area contributed by atoms with Crippen molar-refractivity contribution >= 4 is 5.84 Å². The van der Waals surface area contributed by atoms with E-state index in [1.54, 1.807) is 0 Å². The van der Waals surface area contributed by atoms with Crippen LogP contribution in [0.5, 0.6) is 0 Å². The lowest BCUT2D eigenvalue weighted by molar-refractivity contribution is 0.880. The maximum Gasteiger partial charge on any atom is 0.107 e. The van der Waals surface area contributed by atoms with Crippen molar-refractivity contribution in [2.45, 2.75) is 18.3 Å². The first-order chi connectivity index (χ1) is 6.92. The smallest absolute Gasteiger partial charge is 0.107 e. The predicted molar refractivity (Wildman–Crippen MR) is 57.7 cm³/mol. The molecule has 1 saturated carbocycles. The molecule has 72 valence electrons. The molecule has 1 fully saturated rings. The van der Waals surface area contributed by atoms with Gasteiger partial charge in [0.25, 0.3) is 0 Å². The molecule has 2 heteroatoms. The Morgan fingerprint density at radius 2 is 1.93 bits per heavy atom. The van der Waals surface area contributed by atoms with Crippen LogP contribution in [0.25, 0.3) is 0 Å². The Morgan fingerprint density at radius 1 is 1.14 bits per heavy atom. The third-order valence-corrected chi connectivity index (χ3v) is 3.20. The first kappa shape index (κ1) is 8.04. The second-order valence-electron chi connectivity index (χ2n) is 4.11. The molecule has 0 unspecified atom stereocenters. The summed E-state index contributed by atoms with van der Waals surface area (Å²) in [6, 6.07) is 10.7. The maximum absolute atomic E-state index is 4.55. The van der Waals surface area contributed by atoms with E-state index in [1.807, 2.05) is 0 Å². The van der Waals surface area contributed by atoms with Crippen molar-refractivity contribution in [2.24, 2.45) is 4.99 Å². The van der Waals surface area contributed by atoms with Crippen molar-refractivity contribution in [1.29, 1.82) is 0 Å². The molecule has 0 spiro atoms. The molecular formula is C12H14N2. The van der Waals surface area contributed by atoms with Crippen molar-refractivity contribution in [1.82, 2.24) is 5.32 Å². The van der Waals surface area contributed by atoms with E-state index < -0.39 is 0 Å². The van der Waals surface area contributed by atoms with E-state index >= 15 is 0 Å². The number of amidine groups is 1. The van der Waals surface area contributed by atoms with Crippen LogP contribution in [-0.4, -0.2) is 18.9 Å². The Balaban J connectivity index is 1.97. The summed E-state index contributed by atoms with van der Waals surface area (Å²) < 4.78 is 0. The minimum atomic E-state index is 0.262. The van der Waals surface area contributed by atoms with Crippen LogP contribution < -0.4 is 5.32 Å². The largest absolute Gasteiger partial charge is 0.371 e. The van der Waals surface area contributed by atoms with Crippen LogP contribution in [-0.2, 0) is 5.41 Å². The summed E-state index contributed by atoms with van der Waals surface area (Å²) in [5.74, 6) is 1.23. The lowest BCUT2D eigenvalue weighted by Crippen LogP contribution is -2.31. The van der Waals surface area contributed by atoms with Gasteiger partial charge in [0.1, 0.15) is 5.84 Å². The number of rotatable bonds is 2. The highest BCUT2D eigenvalue weighted by molar-refractivity contribution is 5.96. The van der Waals surface area contributed by atoms with Gasteiger partial charge in [0.15, 0.2) is 0 Å². The molecule has 0 amide bonds. The summed E-state index contributed by atoms with van der Waals surface area (Å²) in [7, 11) is 0. The van der Waals surface area contributed by atoms with E-state index in [0.29, 0.717) is 0 Å². The predicted octanol–water partition coefficient (Wildman–Crippen LogP) is 1.72. The number of benzene rings is 1. The quantitative estimate of drug-likeness (QED) is 0.747. The molecule has 0 radical (unpaired) electrons. The molecule has 2 nitrogen and oxygen atoms in total. The second kappa shape index (κ2) is 2.84. The van der Waals surface area contributed by atoms with E-state index in [1.165, 1.54) is 24.2 Å². The first-order valence-electron chi connectivity index (χ1n) is 5.26. The average molecular weight is 186 g/mol. The van der Waals surface area contributed by atoms with Gasteiger partial charge in [-0.25, -0.2) is 0 Å². The lowest BCUT2D eigenvalue weighted by Gasteiger charge is -2.15. The number of hydrogen-bond acceptors (Lipinski definition) is 2. The van der Waals surface area contributed by atoms with Gasteiger partial charge in [-0.05, 0) is 18.4 Å². The van der Waals surface area contributed by atoms with Crippen LogP contribution in [0, 0.1) is 0 Å². The Morgan fingerprint density at radius 3 is 2.50 bits per heavy atom. The molecule has 1 N–H and O–H groups in total. The van der Waals surface area contributed by atoms with E-state index in [2.05, 4.69) is 40.6 Å². The standard InChI is InChI=1S/C12H14N2/c1-2-4-10(5-3-1)12(6-7-12)11-13-8-9-14-11/h1-5H,6-9H2,(H,13,14). The van der Waals surface area contributed by atoms with Crippen LogP contribution in [0.15, 0.2) is 35.3 Å². The Labute approximate surface area is 84.1 Å². The van der Waals surface area contributed by atoms with Crippen LogP contribution in [0.2, 0.25) is 0 Å². The van der Waals surface area contributed by atoms with Gasteiger partial charge in [-0.1, -0.05) is 30.3 Å². The zero-order chi connectivity index (χ0) is 9.43. The highest BCUT2D eigenvalue weighted by Crippen LogP contribution is 2.49. The lowest BCUT2D eigenvalue weighted by atomic mass is 9.95. The van der Waals surface area contributed by atoms with E-state index in [0.717, 1.165) is 13.1 Å². The van der Waals surface area contributed by atoms with Gasteiger partial charge in [-0.15, -0.1) is 0 Å². The number of nitrogens with one attached hydrogen (secondary N) is 1. The molecule has 0 atom stereocenters. The van der Waals surface area contributed by atoms with Crippen molar-refractivity contribution in [3.05, 3.63) is 35.9 Å². The molecule has 0 aromatic heterocycles. The van der Waals surface area contributed by atoms with Crippen LogP contribution >= 0.6 is 0 Å². The zero-order valence-corrected chi connectivity index (χ0v) is 8.16. The van der Waals surface area contributed by atoms with E-state index in [4.69, 9.17) is 0 Å². The monoisotopic (exact) mass is 186 g/mol. The fourth-order valence-corrected chi connectivity index (χ4v) is 2.26. The van der Waals surface area contributed by atoms with Crippen molar-refractivity contribution in [3.8, 4) is 0 Å². The fraction of sp³-hybridized carbons (Fsp3) is 0.417. The first-order valence-corrected chi connectivity index (χ1v) is 5.26. The van der Waals surface area contributed by atoms with Crippen molar-refractivity contribution < 1.29 is 0 Å². The Bertz CT molecular complexity index is 363. The SMILES string of the molecule is c1ccc(C2(C3=NCCN3)CC2)cc1. The molecule has 1 aliphatic carbocycles. The topological polar surface area (TPSA) is 24.4 Å². The minimum absolute atomic E-state index is 0.262. The van der Waals surface area contributed by atoms with Crippen LogP contribution in [0.3, 0.4) is 0 Å². The Kier molecular flexibility index (Phi) is 1.63. The summed E-state index contributed by atoms with van der Waals surface area (Å²) >= 11 is 0. The summed E-state index contributed by atoms with van der Waals surface area (Å²) in [5.41, 5.74) is 1.69. The molecule has 2 aliphatic rings. The van der Waals surface area contributed by atoms with Crippen molar-refractivity contribution in [3.63, 3.8) is 0 Å². The molecular weight excluding hydrogens is 172 g/mol. The molecule has 0 bridgehead atoms. The van der Waals surface area contributed by atoms with Crippen LogP contribution in [0.4, 0.5) is 0 Å². The molecule has 1 aromatic rings. The third kappa shape index (κ3) is 1.07. The number of hydrogen-bond donors (Lipinski definition) is 1. The zero-order valence-electron chi connectivity index (χ0n) is 8.16. The molecule has 1 aromatic carbocycles. The number of aliphatic imine (C=N–C) groups is 1.